The molecule has 1 fully saturated rings. The Morgan fingerprint density at radius 2 is 2.16 bits per heavy atom. The van der Waals surface area contributed by atoms with Crippen LogP contribution < -0.4 is 0 Å². The van der Waals surface area contributed by atoms with Crippen LogP contribution in [0.4, 0.5) is 4.79 Å². The number of urea groups is 1. The highest BCUT2D eigenvalue weighted by molar-refractivity contribution is 7.98. The smallest absolute Gasteiger partial charge is 0.326 e. The number of nitrogens with zero attached hydrogens (tertiary/aromatic N) is 2. The number of thioether (sulfide) groups is 1. The van der Waals surface area contributed by atoms with Crippen molar-refractivity contribution in [2.75, 3.05) is 25.6 Å². The maximum Gasteiger partial charge on any atom is 0.326 e. The molecule has 7 heteroatoms. The van der Waals surface area contributed by atoms with Crippen LogP contribution in [-0.2, 0) is 4.79 Å². The maximum absolute atomic E-state index is 12.3. The number of aliphatic hydroxyl groups excluding tert-OH is 1. The Labute approximate surface area is 117 Å². The predicted molar refractivity (Wildman–Crippen MR) is 74.4 cm³/mol. The first-order chi connectivity index (χ1) is 8.92. The van der Waals surface area contributed by atoms with Crippen molar-refractivity contribution >= 4 is 23.8 Å². The number of carbonyl (C=O) groups excluding carboxylic acids is 1. The van der Waals surface area contributed by atoms with Gasteiger partial charge < -0.3 is 20.0 Å². The van der Waals surface area contributed by atoms with E-state index in [4.69, 9.17) is 5.11 Å². The van der Waals surface area contributed by atoms with E-state index in [-0.39, 0.29) is 25.0 Å². The quantitative estimate of drug-likeness (QED) is 0.779. The van der Waals surface area contributed by atoms with Crippen LogP contribution in [0.15, 0.2) is 0 Å². The van der Waals surface area contributed by atoms with Crippen LogP contribution in [0.5, 0.6) is 0 Å². The Morgan fingerprint density at radius 3 is 2.63 bits per heavy atom. The van der Waals surface area contributed by atoms with Gasteiger partial charge in [-0.1, -0.05) is 6.92 Å². The Morgan fingerprint density at radius 1 is 1.53 bits per heavy atom. The minimum Gasteiger partial charge on any atom is -0.480 e. The first-order valence-corrected chi connectivity index (χ1v) is 7.74. The molecule has 19 heavy (non-hydrogen) atoms. The van der Waals surface area contributed by atoms with E-state index in [2.05, 4.69) is 0 Å². The molecule has 3 unspecified atom stereocenters. The lowest BCUT2D eigenvalue weighted by atomic mass is 10.2. The van der Waals surface area contributed by atoms with Gasteiger partial charge in [0.1, 0.15) is 6.04 Å². The van der Waals surface area contributed by atoms with E-state index in [1.54, 1.807) is 23.7 Å². The Kier molecular flexibility index (Phi) is 5.93. The Bertz CT molecular complexity index is 340. The summed E-state index contributed by atoms with van der Waals surface area (Å²) in [7, 11) is 1.69. The molecule has 110 valence electrons. The number of β-amino-alcohol motifs (C(OH)–C–C–N with tert-alkyl or cyclic N) is 1. The molecule has 1 aliphatic heterocycles. The molecule has 0 saturated carbocycles. The van der Waals surface area contributed by atoms with Crippen LogP contribution in [0.2, 0.25) is 0 Å². The van der Waals surface area contributed by atoms with Gasteiger partial charge in [-0.2, -0.15) is 11.8 Å². The zero-order chi connectivity index (χ0) is 14.6. The maximum atomic E-state index is 12.3. The lowest BCUT2D eigenvalue weighted by Gasteiger charge is -2.32. The number of carbonyl (C=O) groups is 2. The highest BCUT2D eigenvalue weighted by atomic mass is 32.2. The highest BCUT2D eigenvalue weighted by Crippen LogP contribution is 2.21. The Balaban J connectivity index is 2.77. The number of aliphatic carboxylic acids is 1. The van der Waals surface area contributed by atoms with Crippen molar-refractivity contribution < 1.29 is 19.8 Å². The van der Waals surface area contributed by atoms with Gasteiger partial charge in [0.25, 0.3) is 0 Å². The van der Waals surface area contributed by atoms with Crippen molar-refractivity contribution in [1.82, 2.24) is 9.80 Å². The summed E-state index contributed by atoms with van der Waals surface area (Å²) in [5.74, 6) is -0.247. The van der Waals surface area contributed by atoms with E-state index in [1.165, 1.54) is 4.90 Å². The summed E-state index contributed by atoms with van der Waals surface area (Å²) < 4.78 is 0. The molecule has 2 N–H and O–H groups in total. The van der Waals surface area contributed by atoms with Crippen molar-refractivity contribution in [3.8, 4) is 0 Å². The molecule has 0 aromatic carbocycles. The first-order valence-electron chi connectivity index (χ1n) is 6.35. The standard InChI is InChI=1S/C12H22N2O4S/c1-4-8(7-19-3)13(2)12(18)14-6-9(15)5-10(14)11(16)17/h8-10,15H,4-7H2,1-3H3,(H,16,17). The van der Waals surface area contributed by atoms with Gasteiger partial charge in [0.05, 0.1) is 6.10 Å². The fraction of sp³-hybridized carbons (Fsp3) is 0.833. The number of aliphatic hydroxyl groups is 1. The molecule has 0 spiro atoms. The zero-order valence-electron chi connectivity index (χ0n) is 11.6. The largest absolute Gasteiger partial charge is 0.480 e. The summed E-state index contributed by atoms with van der Waals surface area (Å²) in [4.78, 5) is 26.3. The molecule has 0 aliphatic carbocycles. The van der Waals surface area contributed by atoms with E-state index in [0.717, 1.165) is 12.2 Å². The molecule has 0 bridgehead atoms. The monoisotopic (exact) mass is 290 g/mol. The molecule has 3 atom stereocenters. The Hall–Kier alpha value is -0.950. The third-order valence-corrected chi connectivity index (χ3v) is 4.21. The number of amides is 2. The van der Waals surface area contributed by atoms with Gasteiger partial charge >= 0.3 is 12.0 Å². The second-order valence-corrected chi connectivity index (χ2v) is 5.72. The fourth-order valence-corrected chi connectivity index (χ4v) is 3.16. The van der Waals surface area contributed by atoms with Crippen molar-refractivity contribution in [3.63, 3.8) is 0 Å². The van der Waals surface area contributed by atoms with Gasteiger partial charge in [0.2, 0.25) is 0 Å². The van der Waals surface area contributed by atoms with Crippen molar-refractivity contribution in [3.05, 3.63) is 0 Å². The summed E-state index contributed by atoms with van der Waals surface area (Å²) in [5.41, 5.74) is 0. The molecule has 2 amide bonds. The second-order valence-electron chi connectivity index (χ2n) is 4.81. The number of rotatable bonds is 5. The average Bonchev–Trinajstić information content (AvgIpc) is 2.76. The van der Waals surface area contributed by atoms with Crippen LogP contribution in [0, 0.1) is 0 Å². The number of carboxylic acids is 1. The van der Waals surface area contributed by atoms with Gasteiger partial charge in [0, 0.05) is 31.8 Å². The summed E-state index contributed by atoms with van der Waals surface area (Å²) in [6.07, 6.45) is 2.14. The lowest BCUT2D eigenvalue weighted by Crippen LogP contribution is -2.50. The van der Waals surface area contributed by atoms with E-state index < -0.39 is 18.1 Å². The molecule has 1 saturated heterocycles. The molecule has 1 rings (SSSR count). The second kappa shape index (κ2) is 7.00. The van der Waals surface area contributed by atoms with E-state index in [9.17, 15) is 14.7 Å². The third-order valence-electron chi connectivity index (χ3n) is 3.49. The van der Waals surface area contributed by atoms with Crippen molar-refractivity contribution in [1.29, 1.82) is 0 Å². The molecule has 0 aromatic heterocycles. The summed E-state index contributed by atoms with van der Waals surface area (Å²) >= 11 is 1.65. The SMILES string of the molecule is CCC(CSC)N(C)C(=O)N1CC(O)CC1C(=O)O. The van der Waals surface area contributed by atoms with Crippen LogP contribution in [0.25, 0.3) is 0 Å². The number of hydrogen-bond donors (Lipinski definition) is 2. The van der Waals surface area contributed by atoms with E-state index in [1.807, 2.05) is 13.2 Å². The molecule has 0 radical (unpaired) electrons. The topological polar surface area (TPSA) is 81.1 Å². The average molecular weight is 290 g/mol. The molecule has 0 aromatic rings. The molecule has 1 aliphatic rings. The lowest BCUT2D eigenvalue weighted by molar-refractivity contribution is -0.141. The van der Waals surface area contributed by atoms with E-state index in [0.29, 0.717) is 0 Å². The first kappa shape index (κ1) is 16.1. The highest BCUT2D eigenvalue weighted by Gasteiger charge is 2.40. The van der Waals surface area contributed by atoms with Gasteiger partial charge in [-0.05, 0) is 12.7 Å². The number of carboxylic acid groups (broad SMARTS) is 1. The van der Waals surface area contributed by atoms with E-state index >= 15 is 0 Å². The number of likely N-dealkylation sites (tertiary alicyclic amines) is 1. The van der Waals surface area contributed by atoms with Gasteiger partial charge in [-0.15, -0.1) is 0 Å². The molecule has 6 nitrogen and oxygen atoms in total. The summed E-state index contributed by atoms with van der Waals surface area (Å²) in [5, 5.41) is 18.7. The minimum atomic E-state index is -1.06. The minimum absolute atomic E-state index is 0.0784. The summed E-state index contributed by atoms with van der Waals surface area (Å²) in [6.45, 7) is 2.09. The van der Waals surface area contributed by atoms with Crippen LogP contribution in [-0.4, -0.2) is 75.8 Å². The van der Waals surface area contributed by atoms with Crippen molar-refractivity contribution in [2.45, 2.75) is 38.0 Å². The van der Waals surface area contributed by atoms with Crippen LogP contribution >= 0.6 is 11.8 Å². The fourth-order valence-electron chi connectivity index (χ4n) is 2.31. The van der Waals surface area contributed by atoms with Gasteiger partial charge in [-0.25, -0.2) is 9.59 Å². The van der Waals surface area contributed by atoms with Crippen molar-refractivity contribution in [2.24, 2.45) is 0 Å². The van der Waals surface area contributed by atoms with Crippen LogP contribution in [0.3, 0.4) is 0 Å². The van der Waals surface area contributed by atoms with Gasteiger partial charge in [-0.3, -0.25) is 0 Å². The third kappa shape index (κ3) is 3.76. The normalized spacial score (nSPS) is 24.3. The molecule has 1 heterocycles. The summed E-state index contributed by atoms with van der Waals surface area (Å²) in [6, 6.07) is -1.16. The molecular formula is C12H22N2O4S. The number of hydrogen-bond acceptors (Lipinski definition) is 4. The van der Waals surface area contributed by atoms with Crippen LogP contribution in [0.1, 0.15) is 19.8 Å². The van der Waals surface area contributed by atoms with Gasteiger partial charge in [0.15, 0.2) is 0 Å². The molecular weight excluding hydrogens is 268 g/mol. The predicted octanol–water partition coefficient (Wildman–Crippen LogP) is 0.700. The zero-order valence-corrected chi connectivity index (χ0v) is 12.4.